The van der Waals surface area contributed by atoms with Crippen molar-refractivity contribution in [3.05, 3.63) is 35.9 Å². The van der Waals surface area contributed by atoms with E-state index in [4.69, 9.17) is 5.11 Å². The van der Waals surface area contributed by atoms with E-state index in [1.54, 1.807) is 0 Å². The molecule has 1 saturated heterocycles. The number of carboxylic acids is 1. The molecule has 28 heavy (non-hydrogen) atoms. The van der Waals surface area contributed by atoms with Crippen molar-refractivity contribution in [1.29, 1.82) is 0 Å². The van der Waals surface area contributed by atoms with Crippen LogP contribution in [0.2, 0.25) is 0 Å². The van der Waals surface area contributed by atoms with Crippen LogP contribution < -0.4 is 5.32 Å². The first-order valence-electron chi connectivity index (χ1n) is 10.1. The van der Waals surface area contributed by atoms with Gasteiger partial charge in [0.1, 0.15) is 0 Å². The van der Waals surface area contributed by atoms with E-state index in [1.807, 2.05) is 34.9 Å². The fourth-order valence-electron chi connectivity index (χ4n) is 4.41. The lowest BCUT2D eigenvalue weighted by Gasteiger charge is -2.44. The van der Waals surface area contributed by atoms with Crippen LogP contribution in [0.1, 0.15) is 38.2 Å². The summed E-state index contributed by atoms with van der Waals surface area (Å²) in [4.78, 5) is 27.3. The second-order valence-electron chi connectivity index (χ2n) is 8.02. The lowest BCUT2D eigenvalue weighted by Crippen LogP contribution is -2.58. The topological polar surface area (TPSA) is 93.1 Å². The van der Waals surface area contributed by atoms with Gasteiger partial charge in [0.15, 0.2) is 0 Å². The molecule has 2 fully saturated rings. The maximum atomic E-state index is 12.6. The van der Waals surface area contributed by atoms with Crippen LogP contribution in [0.15, 0.2) is 30.3 Å². The first kappa shape index (κ1) is 20.6. The van der Waals surface area contributed by atoms with E-state index in [0.717, 1.165) is 31.2 Å². The average molecular weight is 389 g/mol. The Hall–Kier alpha value is -2.12. The van der Waals surface area contributed by atoms with Crippen LogP contribution in [0, 0.1) is 0 Å². The number of likely N-dealkylation sites (tertiary alicyclic amines) is 1. The van der Waals surface area contributed by atoms with Crippen LogP contribution in [0.3, 0.4) is 0 Å². The molecule has 2 amide bonds. The predicted octanol–water partition coefficient (Wildman–Crippen LogP) is 1.66. The molecule has 7 nitrogen and oxygen atoms in total. The highest BCUT2D eigenvalue weighted by molar-refractivity contribution is 5.75. The fraction of sp³-hybridized carbons (Fsp3) is 0.619. The summed E-state index contributed by atoms with van der Waals surface area (Å²) in [5.74, 6) is -0.812. The first-order chi connectivity index (χ1) is 13.5. The highest BCUT2D eigenvalue weighted by Crippen LogP contribution is 2.35. The Morgan fingerprint density at radius 1 is 1.21 bits per heavy atom. The summed E-state index contributed by atoms with van der Waals surface area (Å²) in [6.07, 6.45) is 3.09. The Morgan fingerprint density at radius 2 is 1.86 bits per heavy atom. The van der Waals surface area contributed by atoms with E-state index in [9.17, 15) is 14.7 Å². The number of carbonyl (C=O) groups excluding carboxylic acids is 1. The number of aliphatic hydroxyl groups excluding tert-OH is 1. The summed E-state index contributed by atoms with van der Waals surface area (Å²) in [6.45, 7) is 4.05. The summed E-state index contributed by atoms with van der Waals surface area (Å²) in [6, 6.07) is 10.3. The number of hydrogen-bond donors (Lipinski definition) is 3. The Morgan fingerprint density at radius 3 is 2.39 bits per heavy atom. The number of carboxylic acid groups (broad SMARTS) is 1. The van der Waals surface area contributed by atoms with Crippen molar-refractivity contribution >= 4 is 12.0 Å². The first-order valence-corrected chi connectivity index (χ1v) is 10.1. The van der Waals surface area contributed by atoms with Crippen molar-refractivity contribution in [2.45, 2.75) is 50.1 Å². The molecule has 1 aromatic rings. The molecule has 3 N–H and O–H groups in total. The summed E-state index contributed by atoms with van der Waals surface area (Å²) < 4.78 is 0. The maximum absolute atomic E-state index is 12.6. The van der Waals surface area contributed by atoms with Crippen LogP contribution in [-0.2, 0) is 10.2 Å². The van der Waals surface area contributed by atoms with Crippen molar-refractivity contribution in [2.24, 2.45) is 0 Å². The molecular formula is C21H31N3O4. The van der Waals surface area contributed by atoms with Gasteiger partial charge in [0.05, 0.1) is 13.2 Å². The van der Waals surface area contributed by atoms with Crippen LogP contribution in [0.25, 0.3) is 0 Å². The largest absolute Gasteiger partial charge is 0.480 e. The third-order valence-corrected chi connectivity index (χ3v) is 6.40. The lowest BCUT2D eigenvalue weighted by atomic mass is 9.73. The highest BCUT2D eigenvalue weighted by Gasteiger charge is 2.39. The number of urea groups is 1. The molecule has 0 aromatic heterocycles. The van der Waals surface area contributed by atoms with Crippen LogP contribution in [0.4, 0.5) is 4.79 Å². The van der Waals surface area contributed by atoms with E-state index < -0.39 is 5.97 Å². The number of rotatable bonds is 7. The number of carbonyl (C=O) groups is 2. The van der Waals surface area contributed by atoms with Gasteiger partial charge in [-0.05, 0) is 37.8 Å². The Balaban J connectivity index is 1.47. The smallest absolute Gasteiger partial charge is 0.317 e. The Bertz CT molecular complexity index is 667. The zero-order valence-corrected chi connectivity index (χ0v) is 16.5. The van der Waals surface area contributed by atoms with Gasteiger partial charge in [-0.15, -0.1) is 0 Å². The van der Waals surface area contributed by atoms with Gasteiger partial charge in [-0.1, -0.05) is 37.3 Å². The second kappa shape index (κ2) is 8.92. The average Bonchev–Trinajstić information content (AvgIpc) is 2.69. The molecule has 1 saturated carbocycles. The molecule has 0 unspecified atom stereocenters. The SMILES string of the molecule is CCN(CC(=O)O)C1CC(NC(=O)N2CCC(CO)(c3ccccc3)CC2)C1. The van der Waals surface area contributed by atoms with Crippen LogP contribution in [-0.4, -0.2) is 76.9 Å². The van der Waals surface area contributed by atoms with E-state index in [-0.39, 0.29) is 36.7 Å². The third-order valence-electron chi connectivity index (χ3n) is 6.40. The molecule has 0 atom stereocenters. The van der Waals surface area contributed by atoms with Gasteiger partial charge in [0, 0.05) is 30.6 Å². The van der Waals surface area contributed by atoms with Gasteiger partial charge < -0.3 is 20.4 Å². The molecule has 0 bridgehead atoms. The van der Waals surface area contributed by atoms with Gasteiger partial charge in [-0.2, -0.15) is 0 Å². The summed E-state index contributed by atoms with van der Waals surface area (Å²) in [5, 5.41) is 22.1. The van der Waals surface area contributed by atoms with E-state index in [0.29, 0.717) is 19.6 Å². The minimum Gasteiger partial charge on any atom is -0.480 e. The minimum absolute atomic E-state index is 0.0515. The third kappa shape index (κ3) is 4.47. The normalized spacial score (nSPS) is 23.9. The number of amides is 2. The zero-order chi connectivity index (χ0) is 20.1. The van der Waals surface area contributed by atoms with Crippen molar-refractivity contribution in [2.75, 3.05) is 32.8 Å². The van der Waals surface area contributed by atoms with Gasteiger partial charge >= 0.3 is 12.0 Å². The van der Waals surface area contributed by atoms with Crippen molar-refractivity contribution < 1.29 is 19.8 Å². The molecule has 7 heteroatoms. The second-order valence-corrected chi connectivity index (χ2v) is 8.02. The van der Waals surface area contributed by atoms with E-state index >= 15 is 0 Å². The number of hydrogen-bond acceptors (Lipinski definition) is 4. The Kier molecular flexibility index (Phi) is 6.57. The predicted molar refractivity (Wildman–Crippen MR) is 106 cm³/mol. The number of benzene rings is 1. The van der Waals surface area contributed by atoms with Crippen LogP contribution in [0.5, 0.6) is 0 Å². The molecule has 0 radical (unpaired) electrons. The maximum Gasteiger partial charge on any atom is 0.317 e. The van der Waals surface area contributed by atoms with Gasteiger partial charge in [-0.3, -0.25) is 9.69 Å². The van der Waals surface area contributed by atoms with Gasteiger partial charge in [0.2, 0.25) is 0 Å². The van der Waals surface area contributed by atoms with Gasteiger partial charge in [0.25, 0.3) is 0 Å². The number of aliphatic hydroxyl groups is 1. The minimum atomic E-state index is -0.812. The lowest BCUT2D eigenvalue weighted by molar-refractivity contribution is -0.139. The molecule has 1 aromatic carbocycles. The molecule has 154 valence electrons. The van der Waals surface area contributed by atoms with Crippen molar-refractivity contribution in [3.63, 3.8) is 0 Å². The highest BCUT2D eigenvalue weighted by atomic mass is 16.4. The monoisotopic (exact) mass is 389 g/mol. The summed E-state index contributed by atoms with van der Waals surface area (Å²) >= 11 is 0. The van der Waals surface area contributed by atoms with Crippen molar-refractivity contribution in [3.8, 4) is 0 Å². The van der Waals surface area contributed by atoms with Crippen LogP contribution >= 0.6 is 0 Å². The standard InChI is InChI=1S/C21H31N3O4/c1-2-23(14-19(26)27)18-12-17(13-18)22-20(28)24-10-8-21(15-25,9-11-24)16-6-4-3-5-7-16/h3-7,17-18,25H,2,8-15H2,1H3,(H,22,28)(H,26,27). The molecule has 1 aliphatic heterocycles. The number of likely N-dealkylation sites (N-methyl/N-ethyl adjacent to an activating group) is 1. The van der Waals surface area contributed by atoms with Crippen molar-refractivity contribution in [1.82, 2.24) is 15.1 Å². The van der Waals surface area contributed by atoms with E-state index in [2.05, 4.69) is 17.4 Å². The molecule has 3 rings (SSSR count). The zero-order valence-electron chi connectivity index (χ0n) is 16.5. The molecule has 0 spiro atoms. The number of nitrogens with one attached hydrogen (secondary N) is 1. The summed E-state index contributed by atoms with van der Waals surface area (Å²) in [7, 11) is 0. The van der Waals surface area contributed by atoms with E-state index in [1.165, 1.54) is 0 Å². The number of nitrogens with zero attached hydrogens (tertiary/aromatic N) is 2. The molecule has 1 aliphatic carbocycles. The quantitative estimate of drug-likeness (QED) is 0.660. The Labute approximate surface area is 166 Å². The molecule has 2 aliphatic rings. The number of aliphatic carboxylic acids is 1. The van der Waals surface area contributed by atoms with Gasteiger partial charge in [-0.25, -0.2) is 4.79 Å². The number of piperidine rings is 1. The molecule has 1 heterocycles. The summed E-state index contributed by atoms with van der Waals surface area (Å²) in [5.41, 5.74) is 0.871. The molecular weight excluding hydrogens is 358 g/mol. The fourth-order valence-corrected chi connectivity index (χ4v) is 4.41.